The highest BCUT2D eigenvalue weighted by Crippen LogP contribution is 2.76. The molecule has 264 valence electrons. The van der Waals surface area contributed by atoms with E-state index in [4.69, 9.17) is 4.74 Å². The third-order valence-corrected chi connectivity index (χ3v) is 16.2. The van der Waals surface area contributed by atoms with Crippen molar-refractivity contribution in [1.29, 1.82) is 0 Å². The van der Waals surface area contributed by atoms with Gasteiger partial charge in [0.05, 0.1) is 18.8 Å². The maximum atomic E-state index is 14.9. The van der Waals surface area contributed by atoms with Crippen LogP contribution in [-0.4, -0.2) is 60.9 Å². The summed E-state index contributed by atoms with van der Waals surface area (Å²) in [5.41, 5.74) is 3.97. The zero-order chi connectivity index (χ0) is 34.3. The van der Waals surface area contributed by atoms with Crippen LogP contribution in [0.1, 0.15) is 115 Å². The first-order valence-electron chi connectivity index (χ1n) is 19.1. The molecule has 0 radical (unpaired) electrons. The summed E-state index contributed by atoms with van der Waals surface area (Å²) in [6.07, 6.45) is 13.6. The van der Waals surface area contributed by atoms with Gasteiger partial charge in [-0.3, -0.25) is 4.90 Å². The first-order valence-corrected chi connectivity index (χ1v) is 19.1. The van der Waals surface area contributed by atoms with Gasteiger partial charge in [-0.15, -0.1) is 0 Å². The summed E-state index contributed by atoms with van der Waals surface area (Å²) in [7, 11) is 0. The van der Waals surface area contributed by atoms with E-state index < -0.39 is 11.8 Å². The van der Waals surface area contributed by atoms with E-state index in [0.717, 1.165) is 51.4 Å². The number of rotatable bonds is 7. The molecular weight excluding hydrogens is 599 g/mol. The number of allylic oxidation sites excluding steroid dienone is 3. The van der Waals surface area contributed by atoms with Crippen molar-refractivity contribution in [2.24, 2.45) is 51.2 Å². The van der Waals surface area contributed by atoms with Gasteiger partial charge in [0.25, 0.3) is 0 Å². The topological polar surface area (TPSA) is 61.8 Å². The summed E-state index contributed by atoms with van der Waals surface area (Å²) < 4.78 is 20.5. The summed E-state index contributed by atoms with van der Waals surface area (Å²) in [6.45, 7) is 25.6. The van der Waals surface area contributed by atoms with Crippen LogP contribution in [-0.2, 0) is 4.74 Å². The van der Waals surface area contributed by atoms with Crippen molar-refractivity contribution >= 4 is 11.5 Å². The second-order valence-electron chi connectivity index (χ2n) is 18.3. The molecule has 5 aliphatic carbocycles. The molecule has 7 rings (SSSR count). The van der Waals surface area contributed by atoms with Crippen LogP contribution in [0.25, 0.3) is 5.57 Å². The third kappa shape index (κ3) is 5.04. The fourth-order valence-electron chi connectivity index (χ4n) is 13.7. The van der Waals surface area contributed by atoms with Gasteiger partial charge in [0.15, 0.2) is 0 Å². The summed E-state index contributed by atoms with van der Waals surface area (Å²) >= 11 is 0. The first kappa shape index (κ1) is 34.4. The molecular formula is C42H61FN2O3. The molecule has 1 saturated heterocycles. The maximum absolute atomic E-state index is 14.9. The maximum Gasteiger partial charge on any atom is 0.338 e. The van der Waals surface area contributed by atoms with E-state index in [0.29, 0.717) is 29.6 Å². The van der Waals surface area contributed by atoms with Gasteiger partial charge < -0.3 is 15.2 Å². The number of benzene rings is 1. The van der Waals surface area contributed by atoms with Gasteiger partial charge in [-0.05, 0) is 139 Å². The highest BCUT2D eigenvalue weighted by molar-refractivity contribution is 5.88. The SMILES string of the molecule is C=C(C)[C@@H]1CC[C@]2(NCCN3CCOCC3)CC[C@]3(C)[C@H](CCC4[C@@]5(C)CC=C(c6ccc(C(=O)O)c(F)c6)C(C)(C)[C@@H]5CC[C@]43C)[C@@H]12. The van der Waals surface area contributed by atoms with Gasteiger partial charge in [0, 0.05) is 31.7 Å². The van der Waals surface area contributed by atoms with Gasteiger partial charge in [0.1, 0.15) is 5.82 Å². The standard InChI is InChI=1S/C42H61FN2O3/c1-27(2)29-12-17-42(44-20-21-45-22-24-48-25-23-45)19-18-40(6)32(36(29)42)10-11-35-39(5)15-13-31(28-8-9-30(37(46)47)33(43)26-28)38(3,4)34(39)14-16-41(35,40)7/h8-9,13,26,29,32,34-36,44H,1,10-12,14-25H2,2-7H3,(H,46,47)/t29-,32+,34-,35?,36+,39-,40+,41+,42-/m0/s1. The number of carboxylic acids is 1. The van der Waals surface area contributed by atoms with Crippen LogP contribution in [0.5, 0.6) is 0 Å². The van der Waals surface area contributed by atoms with Crippen molar-refractivity contribution in [3.63, 3.8) is 0 Å². The number of hydrogen-bond donors (Lipinski definition) is 2. The van der Waals surface area contributed by atoms with Crippen molar-refractivity contribution in [3.8, 4) is 0 Å². The zero-order valence-corrected chi connectivity index (χ0v) is 30.6. The largest absolute Gasteiger partial charge is 0.478 e. The van der Waals surface area contributed by atoms with Crippen LogP contribution in [0.2, 0.25) is 0 Å². The molecule has 1 aromatic rings. The third-order valence-electron chi connectivity index (χ3n) is 16.2. The molecule has 6 aliphatic rings. The molecule has 1 aromatic carbocycles. The summed E-state index contributed by atoms with van der Waals surface area (Å²) in [5.74, 6) is 1.23. The number of hydrogen-bond acceptors (Lipinski definition) is 4. The lowest BCUT2D eigenvalue weighted by molar-refractivity contribution is -0.219. The highest BCUT2D eigenvalue weighted by Gasteiger charge is 2.70. The zero-order valence-electron chi connectivity index (χ0n) is 30.6. The Hall–Kier alpha value is -2.02. The molecule has 0 amide bonds. The number of fused-ring (bicyclic) bond motifs is 7. The average Bonchev–Trinajstić information content (AvgIpc) is 3.41. The van der Waals surface area contributed by atoms with Crippen molar-refractivity contribution in [2.45, 2.75) is 105 Å². The number of morpholine rings is 1. The number of ether oxygens (including phenoxy) is 1. The minimum absolute atomic E-state index is 0.133. The minimum atomic E-state index is -1.21. The van der Waals surface area contributed by atoms with Crippen molar-refractivity contribution in [1.82, 2.24) is 10.2 Å². The van der Waals surface area contributed by atoms with Crippen LogP contribution in [0.3, 0.4) is 0 Å². The molecule has 0 aromatic heterocycles. The second-order valence-corrected chi connectivity index (χ2v) is 18.3. The molecule has 0 bridgehead atoms. The van der Waals surface area contributed by atoms with E-state index in [1.165, 1.54) is 74.6 Å². The summed E-state index contributed by atoms with van der Waals surface area (Å²) in [4.78, 5) is 14.1. The molecule has 4 saturated carbocycles. The van der Waals surface area contributed by atoms with E-state index in [2.05, 4.69) is 64.4 Å². The summed E-state index contributed by atoms with van der Waals surface area (Å²) in [6, 6.07) is 4.73. The van der Waals surface area contributed by atoms with Gasteiger partial charge in [-0.1, -0.05) is 58.9 Å². The second kappa shape index (κ2) is 12.0. The van der Waals surface area contributed by atoms with Crippen molar-refractivity contribution in [3.05, 3.63) is 53.4 Å². The molecule has 1 aliphatic heterocycles. The van der Waals surface area contributed by atoms with Crippen LogP contribution >= 0.6 is 0 Å². The van der Waals surface area contributed by atoms with E-state index in [9.17, 15) is 14.3 Å². The van der Waals surface area contributed by atoms with Crippen LogP contribution in [0.4, 0.5) is 4.39 Å². The Bertz CT molecular complexity index is 1480. The Morgan fingerprint density at radius 1 is 1.00 bits per heavy atom. The smallest absolute Gasteiger partial charge is 0.338 e. The first-order chi connectivity index (χ1) is 22.7. The molecule has 0 spiro atoms. The monoisotopic (exact) mass is 660 g/mol. The van der Waals surface area contributed by atoms with Gasteiger partial charge >= 0.3 is 5.97 Å². The van der Waals surface area contributed by atoms with Crippen molar-refractivity contribution in [2.75, 3.05) is 39.4 Å². The van der Waals surface area contributed by atoms with Gasteiger partial charge in [-0.25, -0.2) is 9.18 Å². The number of halogens is 1. The van der Waals surface area contributed by atoms with E-state index in [-0.39, 0.29) is 32.8 Å². The van der Waals surface area contributed by atoms with Crippen LogP contribution < -0.4 is 5.32 Å². The number of nitrogens with zero attached hydrogens (tertiary/aromatic N) is 1. The van der Waals surface area contributed by atoms with Gasteiger partial charge in [0.2, 0.25) is 0 Å². The number of carbonyl (C=O) groups is 1. The lowest BCUT2D eigenvalue weighted by Gasteiger charge is -2.72. The molecule has 1 heterocycles. The van der Waals surface area contributed by atoms with E-state index in [1.54, 1.807) is 0 Å². The molecule has 2 N–H and O–H groups in total. The van der Waals surface area contributed by atoms with Gasteiger partial charge in [-0.2, -0.15) is 0 Å². The molecule has 9 atom stereocenters. The molecule has 5 nitrogen and oxygen atoms in total. The average molecular weight is 661 g/mol. The number of aromatic carboxylic acids is 1. The molecule has 5 fully saturated rings. The quantitative estimate of drug-likeness (QED) is 0.286. The van der Waals surface area contributed by atoms with Crippen molar-refractivity contribution < 1.29 is 19.0 Å². The Kier molecular flexibility index (Phi) is 8.64. The molecule has 48 heavy (non-hydrogen) atoms. The van der Waals surface area contributed by atoms with Crippen LogP contribution in [0, 0.1) is 57.1 Å². The normalized spacial score (nSPS) is 42.1. The predicted molar refractivity (Wildman–Crippen MR) is 191 cm³/mol. The van der Waals surface area contributed by atoms with E-state index >= 15 is 0 Å². The predicted octanol–water partition coefficient (Wildman–Crippen LogP) is 8.85. The van der Waals surface area contributed by atoms with Crippen LogP contribution in [0.15, 0.2) is 36.4 Å². The minimum Gasteiger partial charge on any atom is -0.478 e. The fourth-order valence-corrected chi connectivity index (χ4v) is 13.7. The molecule has 6 heteroatoms. The highest BCUT2D eigenvalue weighted by atomic mass is 19.1. The number of nitrogens with one attached hydrogen (secondary N) is 1. The number of carboxylic acid groups (broad SMARTS) is 1. The summed E-state index contributed by atoms with van der Waals surface area (Å²) in [5, 5.41) is 13.7. The fraction of sp³-hybridized carbons (Fsp3) is 0.738. The Labute approximate surface area is 289 Å². The lowest BCUT2D eigenvalue weighted by Crippen LogP contribution is -2.68. The Morgan fingerprint density at radius 3 is 2.44 bits per heavy atom. The lowest BCUT2D eigenvalue weighted by atomic mass is 9.33. The Morgan fingerprint density at radius 2 is 1.75 bits per heavy atom. The molecule has 1 unspecified atom stereocenters. The Balaban J connectivity index is 1.17. The van der Waals surface area contributed by atoms with E-state index in [1.807, 2.05) is 6.07 Å².